The van der Waals surface area contributed by atoms with E-state index in [1.165, 1.54) is 23.1 Å². The zero-order valence-corrected chi connectivity index (χ0v) is 19.0. The lowest BCUT2D eigenvalue weighted by Gasteiger charge is -2.34. The summed E-state index contributed by atoms with van der Waals surface area (Å²) in [5.41, 5.74) is 4.85. The van der Waals surface area contributed by atoms with Gasteiger partial charge in [-0.25, -0.2) is 0 Å². The third-order valence-electron chi connectivity index (χ3n) is 5.77. The van der Waals surface area contributed by atoms with Gasteiger partial charge in [-0.2, -0.15) is 0 Å². The normalized spacial score (nSPS) is 18.8. The molecule has 0 radical (unpaired) electrons. The first-order chi connectivity index (χ1) is 15.1. The van der Waals surface area contributed by atoms with Crippen LogP contribution in [0, 0.1) is 0 Å². The highest BCUT2D eigenvalue weighted by Gasteiger charge is 2.25. The van der Waals surface area contributed by atoms with Crippen LogP contribution in [0.5, 0.6) is 5.75 Å². The number of ether oxygens (including phenoxy) is 1. The van der Waals surface area contributed by atoms with Gasteiger partial charge < -0.3 is 15.4 Å². The number of hydrogen-bond acceptors (Lipinski definition) is 3. The lowest BCUT2D eigenvalue weighted by molar-refractivity contribution is 0.238. The molecule has 31 heavy (non-hydrogen) atoms. The van der Waals surface area contributed by atoms with Crippen molar-refractivity contribution in [2.75, 3.05) is 6.54 Å². The summed E-state index contributed by atoms with van der Waals surface area (Å²) in [5.74, 6) is 0.945. The molecule has 1 aliphatic heterocycles. The number of piperidine rings is 1. The zero-order chi connectivity index (χ0) is 21.6. The molecule has 2 N–H and O–H groups in total. The van der Waals surface area contributed by atoms with Crippen molar-refractivity contribution in [3.05, 3.63) is 88.9 Å². The lowest BCUT2D eigenvalue weighted by Crippen LogP contribution is -2.45. The molecule has 162 valence electrons. The molecule has 0 aliphatic carbocycles. The minimum Gasteiger partial charge on any atom is -0.491 e. The minimum absolute atomic E-state index is 0.133. The van der Waals surface area contributed by atoms with Crippen molar-refractivity contribution in [2.24, 2.45) is 0 Å². The molecule has 1 heterocycles. The first-order valence-electron chi connectivity index (χ1n) is 11.2. The Hall–Kier alpha value is -2.33. The van der Waals surface area contributed by atoms with E-state index in [1.54, 1.807) is 0 Å². The summed E-state index contributed by atoms with van der Waals surface area (Å²) >= 11 is 6.08. The highest BCUT2D eigenvalue weighted by Crippen LogP contribution is 2.30. The second kappa shape index (κ2) is 10.3. The van der Waals surface area contributed by atoms with Gasteiger partial charge in [0, 0.05) is 29.2 Å². The maximum absolute atomic E-state index is 6.13. The van der Waals surface area contributed by atoms with E-state index >= 15 is 0 Å². The van der Waals surface area contributed by atoms with Crippen molar-refractivity contribution >= 4 is 11.6 Å². The summed E-state index contributed by atoms with van der Waals surface area (Å²) in [4.78, 5) is 0. The van der Waals surface area contributed by atoms with Gasteiger partial charge >= 0.3 is 0 Å². The summed E-state index contributed by atoms with van der Waals surface area (Å²) in [7, 11) is 0. The van der Waals surface area contributed by atoms with Gasteiger partial charge in [0.05, 0.1) is 6.10 Å². The summed E-state index contributed by atoms with van der Waals surface area (Å²) in [6, 6.07) is 25.9. The Kier molecular flexibility index (Phi) is 7.29. The van der Waals surface area contributed by atoms with Gasteiger partial charge in [0.1, 0.15) is 5.75 Å². The number of hydrogen-bond donors (Lipinski definition) is 2. The standard InChI is InChI=1S/C27H31ClN2O/c1-19(2)31-26-15-12-22(20-10-13-24(28)14-11-20)17-23(26)18-30-25-9-6-16-29-27(25)21-7-4-3-5-8-21/h3-5,7-8,10-15,17,19,25,27,29-30H,6,9,16,18H2,1-2H3/t25-,27-/m0/s1. The topological polar surface area (TPSA) is 33.3 Å². The molecule has 4 rings (SSSR count). The van der Waals surface area contributed by atoms with Gasteiger partial charge in [-0.15, -0.1) is 0 Å². The fourth-order valence-electron chi connectivity index (χ4n) is 4.27. The van der Waals surface area contributed by atoms with E-state index < -0.39 is 0 Å². The molecule has 1 saturated heterocycles. The predicted octanol–water partition coefficient (Wildman–Crippen LogP) is 6.38. The molecule has 0 unspecified atom stereocenters. The Morgan fingerprint density at radius 2 is 1.74 bits per heavy atom. The molecule has 4 heteroatoms. The molecule has 0 saturated carbocycles. The van der Waals surface area contributed by atoms with Crippen LogP contribution < -0.4 is 15.4 Å². The van der Waals surface area contributed by atoms with E-state index in [-0.39, 0.29) is 6.10 Å². The van der Waals surface area contributed by atoms with E-state index in [0.29, 0.717) is 12.1 Å². The second-order valence-electron chi connectivity index (χ2n) is 8.47. The highest BCUT2D eigenvalue weighted by molar-refractivity contribution is 6.30. The van der Waals surface area contributed by atoms with E-state index in [2.05, 4.69) is 85.1 Å². The predicted molar refractivity (Wildman–Crippen MR) is 130 cm³/mol. The number of rotatable bonds is 7. The van der Waals surface area contributed by atoms with Gasteiger partial charge in [-0.05, 0) is 74.2 Å². The first-order valence-corrected chi connectivity index (χ1v) is 11.5. The molecular formula is C27H31ClN2O. The molecule has 1 fully saturated rings. The Balaban J connectivity index is 1.56. The van der Waals surface area contributed by atoms with Crippen LogP contribution in [0.2, 0.25) is 5.02 Å². The largest absolute Gasteiger partial charge is 0.491 e. The molecule has 0 spiro atoms. The van der Waals surface area contributed by atoms with Gasteiger partial charge in [0.2, 0.25) is 0 Å². The SMILES string of the molecule is CC(C)Oc1ccc(-c2ccc(Cl)cc2)cc1CN[C@H]1CCCN[C@H]1c1ccccc1. The fourth-order valence-corrected chi connectivity index (χ4v) is 4.39. The summed E-state index contributed by atoms with van der Waals surface area (Å²) < 4.78 is 6.13. The van der Waals surface area contributed by atoms with Crippen molar-refractivity contribution in [2.45, 2.75) is 51.4 Å². The fraction of sp³-hybridized carbons (Fsp3) is 0.333. The minimum atomic E-state index is 0.133. The van der Waals surface area contributed by atoms with E-state index in [1.807, 2.05) is 12.1 Å². The van der Waals surface area contributed by atoms with Crippen LogP contribution in [-0.2, 0) is 6.54 Å². The molecule has 2 atom stereocenters. The van der Waals surface area contributed by atoms with Gasteiger partial charge in [0.15, 0.2) is 0 Å². The molecule has 3 nitrogen and oxygen atoms in total. The van der Waals surface area contributed by atoms with Crippen LogP contribution in [0.1, 0.15) is 43.9 Å². The Labute approximate surface area is 190 Å². The first kappa shape index (κ1) is 21.9. The highest BCUT2D eigenvalue weighted by atomic mass is 35.5. The van der Waals surface area contributed by atoms with Gasteiger partial charge in [-0.1, -0.05) is 60.1 Å². The molecule has 0 bridgehead atoms. The van der Waals surface area contributed by atoms with Gasteiger partial charge in [0.25, 0.3) is 0 Å². The molecule has 3 aromatic rings. The van der Waals surface area contributed by atoms with Crippen LogP contribution in [-0.4, -0.2) is 18.7 Å². The smallest absolute Gasteiger partial charge is 0.124 e. The van der Waals surface area contributed by atoms with Crippen molar-refractivity contribution in [1.82, 2.24) is 10.6 Å². The Bertz CT molecular complexity index is 972. The summed E-state index contributed by atoms with van der Waals surface area (Å²) in [6.45, 7) is 5.96. The number of benzene rings is 3. The molecule has 0 aromatic heterocycles. The van der Waals surface area contributed by atoms with Crippen molar-refractivity contribution in [3.8, 4) is 16.9 Å². The third kappa shape index (κ3) is 5.68. The zero-order valence-electron chi connectivity index (χ0n) is 18.3. The molecule has 3 aromatic carbocycles. The van der Waals surface area contributed by atoms with Gasteiger partial charge in [-0.3, -0.25) is 0 Å². The monoisotopic (exact) mass is 434 g/mol. The maximum atomic E-state index is 6.13. The van der Waals surface area contributed by atoms with Crippen LogP contribution in [0.4, 0.5) is 0 Å². The van der Waals surface area contributed by atoms with Crippen molar-refractivity contribution in [3.63, 3.8) is 0 Å². The molecule has 0 amide bonds. The summed E-state index contributed by atoms with van der Waals surface area (Å²) in [5, 5.41) is 8.28. The second-order valence-corrected chi connectivity index (χ2v) is 8.90. The van der Waals surface area contributed by atoms with Crippen molar-refractivity contribution in [1.29, 1.82) is 0 Å². The molecular weight excluding hydrogens is 404 g/mol. The average Bonchev–Trinajstić information content (AvgIpc) is 2.79. The number of nitrogens with one attached hydrogen (secondary N) is 2. The van der Waals surface area contributed by atoms with Crippen LogP contribution in [0.25, 0.3) is 11.1 Å². The Morgan fingerprint density at radius 3 is 2.48 bits per heavy atom. The van der Waals surface area contributed by atoms with Crippen LogP contribution in [0.3, 0.4) is 0 Å². The summed E-state index contributed by atoms with van der Waals surface area (Å²) in [6.07, 6.45) is 2.47. The quantitative estimate of drug-likeness (QED) is 0.452. The molecule has 1 aliphatic rings. The maximum Gasteiger partial charge on any atom is 0.124 e. The van der Waals surface area contributed by atoms with E-state index in [9.17, 15) is 0 Å². The lowest BCUT2D eigenvalue weighted by atomic mass is 9.92. The van der Waals surface area contributed by atoms with E-state index in [4.69, 9.17) is 16.3 Å². The third-order valence-corrected chi connectivity index (χ3v) is 6.02. The average molecular weight is 435 g/mol. The van der Waals surface area contributed by atoms with Crippen LogP contribution >= 0.6 is 11.6 Å². The number of halogens is 1. The van der Waals surface area contributed by atoms with E-state index in [0.717, 1.165) is 35.8 Å². The van der Waals surface area contributed by atoms with Crippen LogP contribution in [0.15, 0.2) is 72.8 Å². The Morgan fingerprint density at radius 1 is 1.00 bits per heavy atom. The van der Waals surface area contributed by atoms with Crippen molar-refractivity contribution < 1.29 is 4.74 Å².